The molecule has 0 aliphatic rings. The molecule has 7 nitrogen and oxygen atoms in total. The van der Waals surface area contributed by atoms with Crippen molar-refractivity contribution in [2.75, 3.05) is 5.32 Å². The Bertz CT molecular complexity index is 578. The van der Waals surface area contributed by atoms with Crippen LogP contribution >= 0.6 is 0 Å². The molecule has 1 aromatic carbocycles. The molecule has 1 amide bonds. The summed E-state index contributed by atoms with van der Waals surface area (Å²) in [6.45, 7) is 3.47. The van der Waals surface area contributed by atoms with E-state index in [1.54, 1.807) is 13.8 Å². The number of aryl methyl sites for hydroxylation is 2. The first-order valence-electron chi connectivity index (χ1n) is 5.29. The van der Waals surface area contributed by atoms with Gasteiger partial charge in [-0.05, 0) is 31.0 Å². The van der Waals surface area contributed by atoms with Crippen LogP contribution in [0, 0.1) is 24.0 Å². The Morgan fingerprint density at radius 3 is 2.37 bits per heavy atom. The van der Waals surface area contributed by atoms with E-state index in [0.717, 1.165) is 17.2 Å². The topological polar surface area (TPSA) is 110 Å². The second kappa shape index (κ2) is 5.76. The third kappa shape index (κ3) is 3.91. The van der Waals surface area contributed by atoms with Crippen molar-refractivity contribution < 1.29 is 19.6 Å². The first kappa shape index (κ1) is 14.4. The van der Waals surface area contributed by atoms with E-state index in [1.807, 2.05) is 0 Å². The van der Waals surface area contributed by atoms with Crippen molar-refractivity contribution in [3.05, 3.63) is 45.5 Å². The van der Waals surface area contributed by atoms with Gasteiger partial charge < -0.3 is 10.4 Å². The monoisotopic (exact) mass is 264 g/mol. The van der Waals surface area contributed by atoms with Crippen LogP contribution in [-0.4, -0.2) is 21.9 Å². The summed E-state index contributed by atoms with van der Waals surface area (Å²) in [6, 6.07) is 2.83. The third-order valence-corrected chi connectivity index (χ3v) is 2.44. The molecule has 0 bridgehead atoms. The number of hydrogen-bond donors (Lipinski definition) is 2. The number of nitro benzene ring substituents is 1. The summed E-state index contributed by atoms with van der Waals surface area (Å²) >= 11 is 0. The van der Waals surface area contributed by atoms with Crippen molar-refractivity contribution in [2.24, 2.45) is 0 Å². The number of hydrogen-bond acceptors (Lipinski definition) is 4. The van der Waals surface area contributed by atoms with Gasteiger partial charge in [-0.25, -0.2) is 4.79 Å². The highest BCUT2D eigenvalue weighted by molar-refractivity contribution is 6.03. The molecule has 0 atom stereocenters. The highest BCUT2D eigenvalue weighted by Gasteiger charge is 2.16. The Hall–Kier alpha value is -2.70. The molecule has 19 heavy (non-hydrogen) atoms. The Labute approximate surface area is 108 Å². The number of amides is 1. The lowest BCUT2D eigenvalue weighted by molar-refractivity contribution is -0.384. The highest BCUT2D eigenvalue weighted by Crippen LogP contribution is 2.27. The number of carboxylic acid groups (broad SMARTS) is 1. The van der Waals surface area contributed by atoms with Crippen LogP contribution in [0.5, 0.6) is 0 Å². The number of rotatable bonds is 4. The maximum atomic E-state index is 11.4. The molecule has 100 valence electrons. The fourth-order valence-corrected chi connectivity index (χ4v) is 1.37. The molecule has 0 unspecified atom stereocenters. The fraction of sp³-hybridized carbons (Fsp3) is 0.167. The Morgan fingerprint density at radius 2 is 1.84 bits per heavy atom. The van der Waals surface area contributed by atoms with Crippen molar-refractivity contribution in [1.29, 1.82) is 0 Å². The van der Waals surface area contributed by atoms with Gasteiger partial charge in [0.15, 0.2) is 0 Å². The predicted molar refractivity (Wildman–Crippen MR) is 68.0 cm³/mol. The number of benzene rings is 1. The Balaban J connectivity index is 3.06. The minimum atomic E-state index is -1.27. The molecule has 0 aromatic heterocycles. The number of carbonyl (C=O) groups is 2. The molecule has 0 aliphatic carbocycles. The van der Waals surface area contributed by atoms with Crippen LogP contribution in [0.1, 0.15) is 11.1 Å². The second-order valence-electron chi connectivity index (χ2n) is 3.87. The van der Waals surface area contributed by atoms with E-state index >= 15 is 0 Å². The number of carboxylic acids is 1. The molecular weight excluding hydrogens is 252 g/mol. The van der Waals surface area contributed by atoms with E-state index in [9.17, 15) is 19.7 Å². The zero-order chi connectivity index (χ0) is 14.6. The molecule has 2 N–H and O–H groups in total. The molecule has 1 aromatic rings. The van der Waals surface area contributed by atoms with Crippen molar-refractivity contribution in [1.82, 2.24) is 0 Å². The lowest BCUT2D eigenvalue weighted by Crippen LogP contribution is -2.11. The van der Waals surface area contributed by atoms with Gasteiger partial charge in [-0.2, -0.15) is 0 Å². The molecule has 0 fully saturated rings. The number of nitrogens with one attached hydrogen (secondary N) is 1. The normalized spacial score (nSPS) is 10.4. The van der Waals surface area contributed by atoms with Gasteiger partial charge >= 0.3 is 5.97 Å². The van der Waals surface area contributed by atoms with Crippen LogP contribution in [0.15, 0.2) is 24.3 Å². The molecule has 0 saturated carbocycles. The third-order valence-electron chi connectivity index (χ3n) is 2.44. The number of nitrogens with zero attached hydrogens (tertiary/aromatic N) is 1. The van der Waals surface area contributed by atoms with E-state index in [4.69, 9.17) is 5.11 Å². The van der Waals surface area contributed by atoms with Crippen LogP contribution < -0.4 is 5.32 Å². The average molecular weight is 264 g/mol. The van der Waals surface area contributed by atoms with E-state index in [2.05, 4.69) is 5.32 Å². The van der Waals surface area contributed by atoms with Gasteiger partial charge in [-0.1, -0.05) is 0 Å². The SMILES string of the molecule is Cc1cc(NC(=O)C=CC(=O)O)c([N+](=O)[O-])cc1C. The van der Waals surface area contributed by atoms with Crippen LogP contribution in [-0.2, 0) is 9.59 Å². The van der Waals surface area contributed by atoms with Gasteiger partial charge in [0.2, 0.25) is 5.91 Å². The zero-order valence-electron chi connectivity index (χ0n) is 10.3. The summed E-state index contributed by atoms with van der Waals surface area (Å²) in [5, 5.41) is 21.5. The van der Waals surface area contributed by atoms with Crippen LogP contribution in [0.3, 0.4) is 0 Å². The molecule has 0 radical (unpaired) electrons. The summed E-state index contributed by atoms with van der Waals surface area (Å²) in [4.78, 5) is 31.9. The minimum absolute atomic E-state index is 0.0353. The predicted octanol–water partition coefficient (Wildman–Crippen LogP) is 1.79. The van der Waals surface area contributed by atoms with Gasteiger partial charge in [0.1, 0.15) is 5.69 Å². The molecule has 0 heterocycles. The maximum Gasteiger partial charge on any atom is 0.328 e. The van der Waals surface area contributed by atoms with Crippen molar-refractivity contribution in [2.45, 2.75) is 13.8 Å². The van der Waals surface area contributed by atoms with Gasteiger partial charge in [-0.3, -0.25) is 14.9 Å². The molecule has 0 aliphatic heterocycles. The summed E-state index contributed by atoms with van der Waals surface area (Å²) in [7, 11) is 0. The summed E-state index contributed by atoms with van der Waals surface area (Å²) < 4.78 is 0. The van der Waals surface area contributed by atoms with Crippen molar-refractivity contribution >= 4 is 23.3 Å². The molecular formula is C12H12N2O5. The first-order valence-corrected chi connectivity index (χ1v) is 5.29. The minimum Gasteiger partial charge on any atom is -0.478 e. The average Bonchev–Trinajstić information content (AvgIpc) is 2.30. The summed E-state index contributed by atoms with van der Waals surface area (Å²) in [5.74, 6) is -2.02. The van der Waals surface area contributed by atoms with Gasteiger partial charge in [0.25, 0.3) is 5.69 Å². The second-order valence-corrected chi connectivity index (χ2v) is 3.87. The lowest BCUT2D eigenvalue weighted by Gasteiger charge is -2.07. The zero-order valence-corrected chi connectivity index (χ0v) is 10.3. The number of nitro groups is 1. The number of carbonyl (C=O) groups excluding carboxylic acids is 1. The van der Waals surface area contributed by atoms with Crippen LogP contribution in [0.25, 0.3) is 0 Å². The van der Waals surface area contributed by atoms with Gasteiger partial charge in [0, 0.05) is 18.2 Å². The van der Waals surface area contributed by atoms with Crippen LogP contribution in [0.4, 0.5) is 11.4 Å². The first-order chi connectivity index (χ1) is 8.81. The quantitative estimate of drug-likeness (QED) is 0.489. The molecule has 1 rings (SSSR count). The molecule has 0 spiro atoms. The van der Waals surface area contributed by atoms with E-state index in [1.165, 1.54) is 12.1 Å². The van der Waals surface area contributed by atoms with E-state index < -0.39 is 16.8 Å². The van der Waals surface area contributed by atoms with Crippen LogP contribution in [0.2, 0.25) is 0 Å². The highest BCUT2D eigenvalue weighted by atomic mass is 16.6. The van der Waals surface area contributed by atoms with E-state index in [-0.39, 0.29) is 11.4 Å². The smallest absolute Gasteiger partial charge is 0.328 e. The Kier molecular flexibility index (Phi) is 4.36. The molecule has 0 saturated heterocycles. The number of aliphatic carboxylic acids is 1. The lowest BCUT2D eigenvalue weighted by atomic mass is 10.1. The standard InChI is InChI=1S/C12H12N2O5/c1-7-5-9(10(14(18)19)6-8(7)2)13-11(15)3-4-12(16)17/h3-6H,1-2H3,(H,13,15)(H,16,17). The summed E-state index contributed by atoms with van der Waals surface area (Å²) in [6.07, 6.45) is 1.45. The number of anilines is 1. The van der Waals surface area contributed by atoms with Crippen molar-refractivity contribution in [3.8, 4) is 0 Å². The van der Waals surface area contributed by atoms with Gasteiger partial charge in [0.05, 0.1) is 4.92 Å². The summed E-state index contributed by atoms with van der Waals surface area (Å²) in [5.41, 5.74) is 1.31. The fourth-order valence-electron chi connectivity index (χ4n) is 1.37. The Morgan fingerprint density at radius 1 is 1.26 bits per heavy atom. The molecule has 7 heteroatoms. The maximum absolute atomic E-state index is 11.4. The van der Waals surface area contributed by atoms with Gasteiger partial charge in [-0.15, -0.1) is 0 Å². The van der Waals surface area contributed by atoms with Crippen molar-refractivity contribution in [3.63, 3.8) is 0 Å². The largest absolute Gasteiger partial charge is 0.478 e. The van der Waals surface area contributed by atoms with E-state index in [0.29, 0.717) is 6.08 Å².